The van der Waals surface area contributed by atoms with Crippen molar-refractivity contribution >= 4 is 33.1 Å². The average Bonchev–Trinajstić information content (AvgIpc) is 2.74. The van der Waals surface area contributed by atoms with E-state index in [1.54, 1.807) is 0 Å². The number of rotatable bonds is 13. The summed E-state index contributed by atoms with van der Waals surface area (Å²) in [6.45, 7) is 2.98. The number of fused-ring (bicyclic) bond motifs is 2. The van der Waals surface area contributed by atoms with Crippen LogP contribution in [0.3, 0.4) is 0 Å². The third-order valence-corrected chi connectivity index (χ3v) is 6.09. The van der Waals surface area contributed by atoms with E-state index in [-0.39, 0.29) is 0 Å². The lowest BCUT2D eigenvalue weighted by molar-refractivity contribution is 0.311. The van der Waals surface area contributed by atoms with Crippen LogP contribution in [-0.4, -0.2) is 12.5 Å². The Labute approximate surface area is 181 Å². The summed E-state index contributed by atoms with van der Waals surface area (Å²) in [7, 11) is 0. The van der Waals surface area contributed by atoms with E-state index in [2.05, 4.69) is 55.5 Å². The zero-order chi connectivity index (χ0) is 20.3. The van der Waals surface area contributed by atoms with Gasteiger partial charge in [0.15, 0.2) is 0 Å². The van der Waals surface area contributed by atoms with Crippen molar-refractivity contribution in [2.24, 2.45) is 0 Å². The lowest BCUT2D eigenvalue weighted by Crippen LogP contribution is -1.99. The molecule has 0 aliphatic rings. The van der Waals surface area contributed by atoms with Crippen LogP contribution >= 0.6 is 11.6 Å². The summed E-state index contributed by atoms with van der Waals surface area (Å²) in [5.74, 6) is 1.88. The molecule has 3 rings (SSSR count). The fourth-order valence-corrected chi connectivity index (χ4v) is 4.38. The molecule has 0 saturated carbocycles. The standard InChI is InChI=1S/C27H35ClO/c1-22-15-14-17-24-21-23-16-10-11-18-25(23)27(26(22)24)29-20-13-9-7-5-3-2-4-6-8-12-19-28/h10-11,14-18,21H,2-9,12-13,19-20H2,1H3. The quantitative estimate of drug-likeness (QED) is 0.155. The van der Waals surface area contributed by atoms with E-state index in [0.29, 0.717) is 0 Å². The molecule has 0 N–H and O–H groups in total. The van der Waals surface area contributed by atoms with Gasteiger partial charge in [-0.15, -0.1) is 11.6 Å². The van der Waals surface area contributed by atoms with Crippen LogP contribution in [-0.2, 0) is 0 Å². The molecule has 0 atom stereocenters. The maximum Gasteiger partial charge on any atom is 0.135 e. The van der Waals surface area contributed by atoms with Crippen molar-refractivity contribution in [1.29, 1.82) is 0 Å². The summed E-state index contributed by atoms with van der Waals surface area (Å²) in [5.41, 5.74) is 1.29. The topological polar surface area (TPSA) is 9.23 Å². The largest absolute Gasteiger partial charge is 0.492 e. The molecule has 2 heteroatoms. The number of hydrogen-bond donors (Lipinski definition) is 0. The van der Waals surface area contributed by atoms with Gasteiger partial charge in [-0.25, -0.2) is 0 Å². The molecule has 0 bridgehead atoms. The van der Waals surface area contributed by atoms with E-state index in [0.717, 1.165) is 24.7 Å². The number of alkyl halides is 1. The smallest absolute Gasteiger partial charge is 0.135 e. The molecule has 0 fully saturated rings. The number of halogens is 1. The van der Waals surface area contributed by atoms with Crippen LogP contribution < -0.4 is 4.74 Å². The van der Waals surface area contributed by atoms with Crippen LogP contribution in [0.4, 0.5) is 0 Å². The fourth-order valence-electron chi connectivity index (χ4n) is 4.19. The van der Waals surface area contributed by atoms with E-state index in [4.69, 9.17) is 16.3 Å². The maximum atomic E-state index is 6.39. The van der Waals surface area contributed by atoms with Crippen molar-refractivity contribution < 1.29 is 4.74 Å². The SMILES string of the molecule is Cc1cccc2cc3ccccc3c(OCCCCCCCCCCCCCl)c12. The Morgan fingerprint density at radius 1 is 0.690 bits per heavy atom. The first-order valence-corrected chi connectivity index (χ1v) is 11.9. The Morgan fingerprint density at radius 3 is 2.03 bits per heavy atom. The number of hydrogen-bond acceptors (Lipinski definition) is 1. The number of benzene rings is 3. The molecule has 0 aromatic heterocycles. The molecule has 3 aromatic rings. The molecule has 29 heavy (non-hydrogen) atoms. The van der Waals surface area contributed by atoms with Crippen LogP contribution in [0.5, 0.6) is 5.75 Å². The van der Waals surface area contributed by atoms with Crippen molar-refractivity contribution in [2.75, 3.05) is 12.5 Å². The third kappa shape index (κ3) is 6.37. The van der Waals surface area contributed by atoms with E-state index in [1.807, 2.05) is 0 Å². The molecular formula is C27H35ClO. The van der Waals surface area contributed by atoms with Crippen LogP contribution in [0.2, 0.25) is 0 Å². The van der Waals surface area contributed by atoms with Gasteiger partial charge in [0.2, 0.25) is 0 Å². The van der Waals surface area contributed by atoms with Crippen molar-refractivity contribution in [3.05, 3.63) is 54.1 Å². The molecule has 0 unspecified atom stereocenters. The Hall–Kier alpha value is -1.73. The van der Waals surface area contributed by atoms with E-state index in [1.165, 1.54) is 84.9 Å². The molecule has 156 valence electrons. The fraction of sp³-hybridized carbons (Fsp3) is 0.481. The second kappa shape index (κ2) is 12.1. The minimum Gasteiger partial charge on any atom is -0.492 e. The molecule has 0 saturated heterocycles. The minimum absolute atomic E-state index is 0.801. The molecule has 0 aliphatic heterocycles. The molecule has 1 nitrogen and oxygen atoms in total. The molecule has 3 aromatic carbocycles. The van der Waals surface area contributed by atoms with Crippen molar-refractivity contribution in [3.63, 3.8) is 0 Å². The normalized spacial score (nSPS) is 11.4. The first-order chi connectivity index (χ1) is 14.3. The van der Waals surface area contributed by atoms with Crippen molar-refractivity contribution in [2.45, 2.75) is 71.1 Å². The summed E-state index contributed by atoms with van der Waals surface area (Å²) in [4.78, 5) is 0. The van der Waals surface area contributed by atoms with Gasteiger partial charge in [-0.05, 0) is 42.2 Å². The van der Waals surface area contributed by atoms with E-state index < -0.39 is 0 Å². The maximum absolute atomic E-state index is 6.39. The molecule has 0 spiro atoms. The summed E-state index contributed by atoms with van der Waals surface area (Å²) < 4.78 is 6.39. The molecule has 0 radical (unpaired) electrons. The number of ether oxygens (including phenoxy) is 1. The van der Waals surface area contributed by atoms with Crippen LogP contribution in [0.15, 0.2) is 48.5 Å². The van der Waals surface area contributed by atoms with Gasteiger partial charge in [-0.1, -0.05) is 93.8 Å². The lowest BCUT2D eigenvalue weighted by atomic mass is 9.99. The molecular weight excluding hydrogens is 376 g/mol. The Morgan fingerprint density at radius 2 is 1.31 bits per heavy atom. The molecule has 0 amide bonds. The van der Waals surface area contributed by atoms with Gasteiger partial charge in [0.1, 0.15) is 5.75 Å². The molecule has 0 aliphatic carbocycles. The average molecular weight is 411 g/mol. The first-order valence-electron chi connectivity index (χ1n) is 11.4. The summed E-state index contributed by atoms with van der Waals surface area (Å²) in [5, 5.41) is 5.01. The number of aryl methyl sites for hydroxylation is 1. The Balaban J connectivity index is 1.46. The highest BCUT2D eigenvalue weighted by atomic mass is 35.5. The van der Waals surface area contributed by atoms with Crippen LogP contribution in [0.25, 0.3) is 21.5 Å². The van der Waals surface area contributed by atoms with Crippen molar-refractivity contribution in [3.8, 4) is 5.75 Å². The van der Waals surface area contributed by atoms with Gasteiger partial charge in [0, 0.05) is 16.7 Å². The van der Waals surface area contributed by atoms with Crippen LogP contribution in [0.1, 0.15) is 69.8 Å². The van der Waals surface area contributed by atoms with E-state index in [9.17, 15) is 0 Å². The predicted molar refractivity (Wildman–Crippen MR) is 129 cm³/mol. The highest BCUT2D eigenvalue weighted by molar-refractivity contribution is 6.17. The van der Waals surface area contributed by atoms with Gasteiger partial charge in [-0.2, -0.15) is 0 Å². The summed E-state index contributed by atoms with van der Waals surface area (Å²) in [6, 6.07) is 17.4. The van der Waals surface area contributed by atoms with E-state index >= 15 is 0 Å². The summed E-state index contributed by atoms with van der Waals surface area (Å²) in [6.07, 6.45) is 13.0. The highest BCUT2D eigenvalue weighted by Gasteiger charge is 2.10. The van der Waals surface area contributed by atoms with Gasteiger partial charge in [0.05, 0.1) is 6.61 Å². The molecule has 0 heterocycles. The zero-order valence-corrected chi connectivity index (χ0v) is 18.6. The monoisotopic (exact) mass is 410 g/mol. The van der Waals surface area contributed by atoms with Gasteiger partial charge in [-0.3, -0.25) is 0 Å². The minimum atomic E-state index is 0.801. The summed E-state index contributed by atoms with van der Waals surface area (Å²) >= 11 is 5.72. The lowest BCUT2D eigenvalue weighted by Gasteiger charge is -2.15. The second-order valence-electron chi connectivity index (χ2n) is 8.17. The number of unbranched alkanes of at least 4 members (excludes halogenated alkanes) is 9. The van der Waals surface area contributed by atoms with Gasteiger partial charge < -0.3 is 4.74 Å². The first kappa shape index (κ1) is 22.0. The predicted octanol–water partition coefficient (Wildman–Crippen LogP) is 8.82. The Kier molecular flexibility index (Phi) is 9.15. The second-order valence-corrected chi connectivity index (χ2v) is 8.55. The van der Waals surface area contributed by atoms with Gasteiger partial charge >= 0.3 is 0 Å². The zero-order valence-electron chi connectivity index (χ0n) is 17.9. The Bertz CT molecular complexity index is 886. The van der Waals surface area contributed by atoms with Crippen molar-refractivity contribution in [1.82, 2.24) is 0 Å². The third-order valence-electron chi connectivity index (χ3n) is 5.82. The van der Waals surface area contributed by atoms with Crippen LogP contribution in [0, 0.1) is 6.92 Å². The van der Waals surface area contributed by atoms with Gasteiger partial charge in [0.25, 0.3) is 0 Å². The highest BCUT2D eigenvalue weighted by Crippen LogP contribution is 2.36.